The first-order chi connectivity index (χ1) is 14.0. The predicted octanol–water partition coefficient (Wildman–Crippen LogP) is 4.50. The Labute approximate surface area is 177 Å². The van der Waals surface area contributed by atoms with Crippen LogP contribution in [0.25, 0.3) is 10.7 Å². The number of aromatic nitrogens is 3. The summed E-state index contributed by atoms with van der Waals surface area (Å²) < 4.78 is 6.99. The number of carbonyl (C=O) groups is 2. The Morgan fingerprint density at radius 3 is 2.59 bits per heavy atom. The second-order valence-electron chi connectivity index (χ2n) is 6.38. The SMILES string of the molecule is CCOC(=O)c1ccc(NC(=O)CSc2nnc(-c3cccs3)n2C(C)C)cc1. The van der Waals surface area contributed by atoms with Crippen molar-refractivity contribution in [2.24, 2.45) is 0 Å². The van der Waals surface area contributed by atoms with Gasteiger partial charge in [0, 0.05) is 11.7 Å². The van der Waals surface area contributed by atoms with E-state index in [0.717, 1.165) is 10.7 Å². The molecule has 29 heavy (non-hydrogen) atoms. The number of nitrogens with zero attached hydrogens (tertiary/aromatic N) is 3. The average molecular weight is 431 g/mol. The highest BCUT2D eigenvalue weighted by atomic mass is 32.2. The lowest BCUT2D eigenvalue weighted by Gasteiger charge is -2.13. The van der Waals surface area contributed by atoms with Gasteiger partial charge in [0.25, 0.3) is 0 Å². The van der Waals surface area contributed by atoms with Gasteiger partial charge in [-0.3, -0.25) is 9.36 Å². The molecule has 0 aliphatic carbocycles. The first-order valence-corrected chi connectivity index (χ1v) is 11.0. The highest BCUT2D eigenvalue weighted by Crippen LogP contribution is 2.30. The molecule has 0 atom stereocenters. The minimum absolute atomic E-state index is 0.158. The first kappa shape index (κ1) is 21.1. The fraction of sp³-hybridized carbons (Fsp3) is 0.300. The van der Waals surface area contributed by atoms with Gasteiger partial charge in [-0.05, 0) is 56.5 Å². The number of thioether (sulfide) groups is 1. The van der Waals surface area contributed by atoms with E-state index in [4.69, 9.17) is 4.74 Å². The molecule has 2 heterocycles. The maximum atomic E-state index is 12.3. The van der Waals surface area contributed by atoms with E-state index >= 15 is 0 Å². The number of benzene rings is 1. The topological polar surface area (TPSA) is 86.1 Å². The predicted molar refractivity (Wildman–Crippen MR) is 115 cm³/mol. The maximum Gasteiger partial charge on any atom is 0.338 e. The summed E-state index contributed by atoms with van der Waals surface area (Å²) in [5.41, 5.74) is 1.07. The minimum Gasteiger partial charge on any atom is -0.462 e. The lowest BCUT2D eigenvalue weighted by atomic mass is 10.2. The van der Waals surface area contributed by atoms with Gasteiger partial charge in [-0.2, -0.15) is 0 Å². The van der Waals surface area contributed by atoms with E-state index in [2.05, 4.69) is 29.4 Å². The number of carbonyl (C=O) groups excluding carboxylic acids is 2. The van der Waals surface area contributed by atoms with Gasteiger partial charge in [-0.1, -0.05) is 17.8 Å². The Balaban J connectivity index is 1.62. The number of rotatable bonds is 8. The summed E-state index contributed by atoms with van der Waals surface area (Å²) in [6.07, 6.45) is 0. The molecule has 1 aromatic carbocycles. The van der Waals surface area contributed by atoms with Crippen molar-refractivity contribution in [1.82, 2.24) is 14.8 Å². The van der Waals surface area contributed by atoms with E-state index in [1.165, 1.54) is 11.8 Å². The zero-order valence-electron chi connectivity index (χ0n) is 16.4. The molecule has 0 saturated heterocycles. The van der Waals surface area contributed by atoms with E-state index in [-0.39, 0.29) is 23.7 Å². The molecule has 0 fully saturated rings. The molecule has 3 aromatic rings. The Bertz CT molecular complexity index is 966. The maximum absolute atomic E-state index is 12.3. The number of amides is 1. The summed E-state index contributed by atoms with van der Waals surface area (Å²) in [6.45, 7) is 6.21. The summed E-state index contributed by atoms with van der Waals surface area (Å²) >= 11 is 2.95. The molecule has 2 aromatic heterocycles. The smallest absolute Gasteiger partial charge is 0.338 e. The standard InChI is InChI=1S/C20H22N4O3S2/c1-4-27-19(26)14-7-9-15(10-8-14)21-17(25)12-29-20-23-22-18(24(20)13(2)3)16-6-5-11-28-16/h5-11,13H,4,12H2,1-3H3,(H,21,25). The summed E-state index contributed by atoms with van der Waals surface area (Å²) in [4.78, 5) is 25.1. The fourth-order valence-electron chi connectivity index (χ4n) is 2.65. The van der Waals surface area contributed by atoms with Crippen LogP contribution in [0.3, 0.4) is 0 Å². The number of ether oxygens (including phenoxy) is 1. The molecule has 7 nitrogen and oxygen atoms in total. The fourth-order valence-corrected chi connectivity index (χ4v) is 4.22. The lowest BCUT2D eigenvalue weighted by Crippen LogP contribution is -2.15. The highest BCUT2D eigenvalue weighted by Gasteiger charge is 2.18. The van der Waals surface area contributed by atoms with Gasteiger partial charge in [0.15, 0.2) is 11.0 Å². The van der Waals surface area contributed by atoms with E-state index in [0.29, 0.717) is 23.0 Å². The number of esters is 1. The van der Waals surface area contributed by atoms with Crippen LogP contribution in [0.2, 0.25) is 0 Å². The largest absolute Gasteiger partial charge is 0.462 e. The second kappa shape index (κ2) is 9.71. The van der Waals surface area contributed by atoms with Crippen LogP contribution in [0.1, 0.15) is 37.2 Å². The third kappa shape index (κ3) is 5.24. The zero-order valence-corrected chi connectivity index (χ0v) is 18.0. The van der Waals surface area contributed by atoms with Gasteiger partial charge in [0.1, 0.15) is 0 Å². The Morgan fingerprint density at radius 1 is 1.21 bits per heavy atom. The summed E-state index contributed by atoms with van der Waals surface area (Å²) in [7, 11) is 0. The van der Waals surface area contributed by atoms with E-state index in [1.54, 1.807) is 42.5 Å². The van der Waals surface area contributed by atoms with Crippen LogP contribution in [-0.2, 0) is 9.53 Å². The minimum atomic E-state index is -0.379. The van der Waals surface area contributed by atoms with E-state index < -0.39 is 0 Å². The summed E-state index contributed by atoms with van der Waals surface area (Å²) in [6, 6.07) is 10.8. The highest BCUT2D eigenvalue weighted by molar-refractivity contribution is 7.99. The molecule has 0 bridgehead atoms. The number of hydrogen-bond acceptors (Lipinski definition) is 7. The van der Waals surface area contributed by atoms with Gasteiger partial charge in [0.2, 0.25) is 5.91 Å². The quantitative estimate of drug-likeness (QED) is 0.418. The number of anilines is 1. The molecule has 0 unspecified atom stereocenters. The molecule has 3 rings (SSSR count). The van der Waals surface area contributed by atoms with Crippen LogP contribution in [0.15, 0.2) is 46.9 Å². The van der Waals surface area contributed by atoms with Crippen molar-refractivity contribution < 1.29 is 14.3 Å². The van der Waals surface area contributed by atoms with Crippen LogP contribution in [-0.4, -0.2) is 39.0 Å². The van der Waals surface area contributed by atoms with Crippen LogP contribution < -0.4 is 5.32 Å². The number of hydrogen-bond donors (Lipinski definition) is 1. The second-order valence-corrected chi connectivity index (χ2v) is 8.27. The molecule has 0 spiro atoms. The van der Waals surface area contributed by atoms with Crippen molar-refractivity contribution >= 4 is 40.7 Å². The van der Waals surface area contributed by atoms with Gasteiger partial charge in [-0.25, -0.2) is 4.79 Å². The lowest BCUT2D eigenvalue weighted by molar-refractivity contribution is -0.113. The van der Waals surface area contributed by atoms with E-state index in [9.17, 15) is 9.59 Å². The molecule has 0 aliphatic rings. The van der Waals surface area contributed by atoms with Crippen LogP contribution in [0.4, 0.5) is 5.69 Å². The molecule has 152 valence electrons. The van der Waals surface area contributed by atoms with Crippen LogP contribution >= 0.6 is 23.1 Å². The third-order valence-electron chi connectivity index (χ3n) is 3.93. The van der Waals surface area contributed by atoms with Crippen molar-refractivity contribution in [3.05, 3.63) is 47.3 Å². The van der Waals surface area contributed by atoms with Crippen molar-refractivity contribution in [2.75, 3.05) is 17.7 Å². The molecule has 9 heteroatoms. The normalized spacial score (nSPS) is 10.9. The molecule has 1 N–H and O–H groups in total. The monoisotopic (exact) mass is 430 g/mol. The van der Waals surface area contributed by atoms with Crippen molar-refractivity contribution in [3.8, 4) is 10.7 Å². The van der Waals surface area contributed by atoms with Gasteiger partial charge >= 0.3 is 5.97 Å². The first-order valence-electron chi connectivity index (χ1n) is 9.18. The van der Waals surface area contributed by atoms with Gasteiger partial charge in [0.05, 0.1) is 22.8 Å². The Hall–Kier alpha value is -2.65. The van der Waals surface area contributed by atoms with Crippen molar-refractivity contribution in [1.29, 1.82) is 0 Å². The summed E-state index contributed by atoms with van der Waals surface area (Å²) in [5, 5.41) is 14.1. The van der Waals surface area contributed by atoms with Crippen molar-refractivity contribution in [3.63, 3.8) is 0 Å². The van der Waals surface area contributed by atoms with Crippen molar-refractivity contribution in [2.45, 2.75) is 32.0 Å². The van der Waals surface area contributed by atoms with E-state index in [1.807, 2.05) is 22.1 Å². The van der Waals surface area contributed by atoms with Gasteiger partial charge < -0.3 is 10.1 Å². The summed E-state index contributed by atoms with van der Waals surface area (Å²) in [5.74, 6) is 0.479. The number of thiophene rings is 1. The van der Waals surface area contributed by atoms with Gasteiger partial charge in [-0.15, -0.1) is 21.5 Å². The Morgan fingerprint density at radius 2 is 1.97 bits per heavy atom. The zero-order chi connectivity index (χ0) is 20.8. The average Bonchev–Trinajstić information content (AvgIpc) is 3.36. The van der Waals surface area contributed by atoms with Crippen LogP contribution in [0.5, 0.6) is 0 Å². The molecule has 0 saturated carbocycles. The Kier molecular flexibility index (Phi) is 7.05. The number of nitrogens with one attached hydrogen (secondary N) is 1. The molecular formula is C20H22N4O3S2. The third-order valence-corrected chi connectivity index (χ3v) is 5.74. The van der Waals surface area contributed by atoms with Crippen LogP contribution in [0, 0.1) is 0 Å². The molecule has 0 aliphatic heterocycles. The molecular weight excluding hydrogens is 408 g/mol. The molecule has 0 radical (unpaired) electrons. The molecule has 1 amide bonds.